The normalized spacial score (nSPS) is 12.7. The van der Waals surface area contributed by atoms with Crippen molar-refractivity contribution in [3.8, 4) is 0 Å². The van der Waals surface area contributed by atoms with Gasteiger partial charge in [-0.25, -0.2) is 0 Å². The van der Waals surface area contributed by atoms with E-state index in [9.17, 15) is 0 Å². The summed E-state index contributed by atoms with van der Waals surface area (Å²) in [6.45, 7) is 3.90. The molecule has 2 rings (SSSR count). The van der Waals surface area contributed by atoms with Crippen LogP contribution < -0.4 is 0 Å². The third-order valence-corrected chi connectivity index (χ3v) is 3.66. The lowest BCUT2D eigenvalue weighted by Gasteiger charge is -2.08. The Bertz CT molecular complexity index is 501. The Balaban J connectivity index is 2.14. The summed E-state index contributed by atoms with van der Waals surface area (Å²) < 4.78 is 6.59. The molecule has 1 atom stereocenters. The van der Waals surface area contributed by atoms with Gasteiger partial charge in [0.1, 0.15) is 11.5 Å². The van der Waals surface area contributed by atoms with Crippen LogP contribution in [0.15, 0.2) is 39.2 Å². The smallest absolute Gasteiger partial charge is 0.105 e. The van der Waals surface area contributed by atoms with Gasteiger partial charge >= 0.3 is 0 Å². The molecule has 0 aliphatic carbocycles. The van der Waals surface area contributed by atoms with E-state index in [-0.39, 0.29) is 5.38 Å². The minimum atomic E-state index is -0.0337. The van der Waals surface area contributed by atoms with Crippen molar-refractivity contribution in [2.45, 2.75) is 25.6 Å². The second kappa shape index (κ2) is 5.28. The van der Waals surface area contributed by atoms with Gasteiger partial charge in [-0.2, -0.15) is 0 Å². The average Bonchev–Trinajstić information content (AvgIpc) is 2.61. The van der Waals surface area contributed by atoms with Crippen LogP contribution in [-0.4, -0.2) is 0 Å². The van der Waals surface area contributed by atoms with Crippen LogP contribution >= 0.6 is 27.5 Å². The first-order valence-electron chi connectivity index (χ1n) is 5.51. The van der Waals surface area contributed by atoms with Gasteiger partial charge in [0.05, 0.1) is 5.38 Å². The molecule has 0 aliphatic rings. The number of benzene rings is 1. The van der Waals surface area contributed by atoms with Crippen LogP contribution in [0.3, 0.4) is 0 Å². The quantitative estimate of drug-likeness (QED) is 0.711. The largest absolute Gasteiger partial charge is 0.466 e. The average molecular weight is 314 g/mol. The van der Waals surface area contributed by atoms with Gasteiger partial charge < -0.3 is 4.42 Å². The van der Waals surface area contributed by atoms with E-state index in [1.54, 1.807) is 0 Å². The Morgan fingerprint density at radius 2 is 1.88 bits per heavy atom. The van der Waals surface area contributed by atoms with Crippen LogP contribution in [0.1, 0.15) is 28.0 Å². The first-order chi connectivity index (χ1) is 8.06. The summed E-state index contributed by atoms with van der Waals surface area (Å²) in [6.07, 6.45) is 0.814. The zero-order valence-corrected chi connectivity index (χ0v) is 12.2. The maximum absolute atomic E-state index is 6.43. The third-order valence-electron chi connectivity index (χ3n) is 2.75. The molecule has 2 aromatic rings. The number of aryl methyl sites for hydroxylation is 2. The van der Waals surface area contributed by atoms with Crippen molar-refractivity contribution in [1.29, 1.82) is 0 Å². The van der Waals surface area contributed by atoms with Gasteiger partial charge in [-0.3, -0.25) is 0 Å². The molecule has 0 spiro atoms. The Morgan fingerprint density at radius 3 is 2.41 bits per heavy atom. The maximum Gasteiger partial charge on any atom is 0.105 e. The Kier molecular flexibility index (Phi) is 3.95. The van der Waals surface area contributed by atoms with Gasteiger partial charge in [0, 0.05) is 10.0 Å². The zero-order chi connectivity index (χ0) is 12.4. The number of halogens is 2. The van der Waals surface area contributed by atoms with Gasteiger partial charge in [0.25, 0.3) is 0 Å². The van der Waals surface area contributed by atoms with E-state index in [1.165, 1.54) is 5.56 Å². The SMILES string of the molecule is Cc1cc(C(Cl)Cc2ccc(Br)cc2)c(C)o1. The molecule has 0 radical (unpaired) electrons. The summed E-state index contributed by atoms with van der Waals surface area (Å²) in [6, 6.07) is 10.3. The van der Waals surface area contributed by atoms with Crippen LogP contribution in [-0.2, 0) is 6.42 Å². The first-order valence-corrected chi connectivity index (χ1v) is 6.74. The number of rotatable bonds is 3. The fourth-order valence-corrected chi connectivity index (χ4v) is 2.56. The summed E-state index contributed by atoms with van der Waals surface area (Å²) in [5.41, 5.74) is 2.32. The molecule has 0 fully saturated rings. The van der Waals surface area contributed by atoms with Gasteiger partial charge in [-0.15, -0.1) is 11.6 Å². The van der Waals surface area contributed by atoms with Crippen molar-refractivity contribution >= 4 is 27.5 Å². The monoisotopic (exact) mass is 312 g/mol. The second-order valence-corrected chi connectivity index (χ2v) is 5.61. The molecule has 0 saturated heterocycles. The van der Waals surface area contributed by atoms with Crippen molar-refractivity contribution in [2.75, 3.05) is 0 Å². The Labute approximate surface area is 115 Å². The van der Waals surface area contributed by atoms with Crippen molar-refractivity contribution < 1.29 is 4.42 Å². The van der Waals surface area contributed by atoms with E-state index >= 15 is 0 Å². The number of furan rings is 1. The molecule has 0 N–H and O–H groups in total. The van der Waals surface area contributed by atoms with Crippen molar-refractivity contribution in [3.05, 3.63) is 57.5 Å². The lowest BCUT2D eigenvalue weighted by Crippen LogP contribution is -1.95. The van der Waals surface area contributed by atoms with Crippen LogP contribution in [0.25, 0.3) is 0 Å². The highest BCUT2D eigenvalue weighted by molar-refractivity contribution is 9.10. The predicted octanol–water partition coefficient (Wildman–Crippen LogP) is 5.18. The molecule has 1 aromatic heterocycles. The predicted molar refractivity (Wildman–Crippen MR) is 74.6 cm³/mol. The van der Waals surface area contributed by atoms with Crippen LogP contribution in [0, 0.1) is 13.8 Å². The van der Waals surface area contributed by atoms with Gasteiger partial charge in [0.2, 0.25) is 0 Å². The molecule has 90 valence electrons. The fraction of sp³-hybridized carbons (Fsp3) is 0.286. The minimum Gasteiger partial charge on any atom is -0.466 e. The second-order valence-electron chi connectivity index (χ2n) is 4.17. The maximum atomic E-state index is 6.43. The van der Waals surface area contributed by atoms with Crippen LogP contribution in [0.2, 0.25) is 0 Å². The highest BCUT2D eigenvalue weighted by Crippen LogP contribution is 2.30. The number of hydrogen-bond acceptors (Lipinski definition) is 1. The van der Waals surface area contributed by atoms with E-state index in [2.05, 4.69) is 28.1 Å². The van der Waals surface area contributed by atoms with Gasteiger partial charge in [-0.1, -0.05) is 28.1 Å². The lowest BCUT2D eigenvalue weighted by atomic mass is 10.0. The van der Waals surface area contributed by atoms with E-state index in [4.69, 9.17) is 16.0 Å². The summed E-state index contributed by atoms with van der Waals surface area (Å²) >= 11 is 9.85. The zero-order valence-electron chi connectivity index (χ0n) is 9.84. The Hall–Kier alpha value is -0.730. The fourth-order valence-electron chi connectivity index (χ4n) is 1.90. The molecule has 0 bridgehead atoms. The summed E-state index contributed by atoms with van der Waals surface area (Å²) in [5, 5.41) is -0.0337. The third kappa shape index (κ3) is 3.14. The highest BCUT2D eigenvalue weighted by atomic mass is 79.9. The molecule has 1 unspecified atom stereocenters. The van der Waals surface area contributed by atoms with Crippen molar-refractivity contribution in [2.24, 2.45) is 0 Å². The van der Waals surface area contributed by atoms with Gasteiger partial charge in [-0.05, 0) is 44.0 Å². The van der Waals surface area contributed by atoms with Crippen LogP contribution in [0.4, 0.5) is 0 Å². The van der Waals surface area contributed by atoms with E-state index < -0.39 is 0 Å². The molecule has 0 amide bonds. The van der Waals surface area contributed by atoms with Crippen LogP contribution in [0.5, 0.6) is 0 Å². The van der Waals surface area contributed by atoms with Gasteiger partial charge in [0.15, 0.2) is 0 Å². The van der Waals surface area contributed by atoms with Crippen molar-refractivity contribution in [3.63, 3.8) is 0 Å². The molecule has 1 aromatic carbocycles. The number of hydrogen-bond donors (Lipinski definition) is 0. The number of alkyl halides is 1. The summed E-state index contributed by atoms with van der Waals surface area (Å²) in [5.74, 6) is 1.83. The molecule has 1 nitrogen and oxygen atoms in total. The summed E-state index contributed by atoms with van der Waals surface area (Å²) in [7, 11) is 0. The minimum absolute atomic E-state index is 0.0337. The molecule has 1 heterocycles. The molecular formula is C14H14BrClO. The van der Waals surface area contributed by atoms with Crippen molar-refractivity contribution in [1.82, 2.24) is 0 Å². The highest BCUT2D eigenvalue weighted by Gasteiger charge is 2.15. The molecule has 0 saturated carbocycles. The lowest BCUT2D eigenvalue weighted by molar-refractivity contribution is 0.500. The molecule has 0 aliphatic heterocycles. The van der Waals surface area contributed by atoms with E-state index in [0.717, 1.165) is 28.0 Å². The topological polar surface area (TPSA) is 13.1 Å². The summed E-state index contributed by atoms with van der Waals surface area (Å²) in [4.78, 5) is 0. The van der Waals surface area contributed by atoms with E-state index in [1.807, 2.05) is 32.0 Å². The standard InChI is InChI=1S/C14H14BrClO/c1-9-7-13(10(2)17-9)14(16)8-11-3-5-12(15)6-4-11/h3-7,14H,8H2,1-2H3. The van der Waals surface area contributed by atoms with E-state index in [0.29, 0.717) is 0 Å². The molecular weight excluding hydrogens is 300 g/mol. The first kappa shape index (κ1) is 12.7. The Morgan fingerprint density at radius 1 is 1.24 bits per heavy atom. The molecule has 17 heavy (non-hydrogen) atoms. The molecule has 3 heteroatoms.